The molecule has 1 saturated carbocycles. The maximum atomic E-state index is 12.4. The summed E-state index contributed by atoms with van der Waals surface area (Å²) in [6.07, 6.45) is 6.68. The van der Waals surface area contributed by atoms with Gasteiger partial charge in [0.2, 0.25) is 5.91 Å². The first kappa shape index (κ1) is 13.9. The van der Waals surface area contributed by atoms with E-state index in [4.69, 9.17) is 5.73 Å². The Morgan fingerprint density at radius 1 is 1.33 bits per heavy atom. The Bertz CT molecular complexity index is 290. The van der Waals surface area contributed by atoms with E-state index < -0.39 is 0 Å². The standard InChI is InChI=1S/C15H28N2O/c1-11(2)8-12-4-3-7-17(10-12)15(18)13-5-6-14(16)9-13/h11-14H,3-10,16H2,1-2H3. The van der Waals surface area contributed by atoms with Crippen molar-refractivity contribution < 1.29 is 4.79 Å². The van der Waals surface area contributed by atoms with Gasteiger partial charge in [-0.05, 0) is 50.4 Å². The number of nitrogens with two attached hydrogens (primary N) is 1. The van der Waals surface area contributed by atoms with E-state index in [0.717, 1.165) is 44.2 Å². The molecule has 0 spiro atoms. The molecule has 1 amide bonds. The number of carbonyl (C=O) groups excluding carboxylic acids is 1. The number of likely N-dealkylation sites (tertiary alicyclic amines) is 1. The molecule has 1 aliphatic heterocycles. The van der Waals surface area contributed by atoms with Crippen molar-refractivity contribution >= 4 is 5.91 Å². The molecule has 2 N–H and O–H groups in total. The van der Waals surface area contributed by atoms with Crippen LogP contribution in [0.25, 0.3) is 0 Å². The van der Waals surface area contributed by atoms with Gasteiger partial charge in [0, 0.05) is 25.0 Å². The van der Waals surface area contributed by atoms with Crippen LogP contribution in [0, 0.1) is 17.8 Å². The molecule has 18 heavy (non-hydrogen) atoms. The highest BCUT2D eigenvalue weighted by Crippen LogP contribution is 2.29. The highest BCUT2D eigenvalue weighted by Gasteiger charge is 2.33. The average molecular weight is 252 g/mol. The summed E-state index contributed by atoms with van der Waals surface area (Å²) in [5, 5.41) is 0. The molecule has 0 aromatic heterocycles. The Kier molecular flexibility index (Phi) is 4.66. The fourth-order valence-corrected chi connectivity index (χ4v) is 3.62. The molecule has 0 aromatic rings. The molecule has 3 atom stereocenters. The van der Waals surface area contributed by atoms with Crippen LogP contribution in [0.15, 0.2) is 0 Å². The summed E-state index contributed by atoms with van der Waals surface area (Å²) in [6.45, 7) is 6.51. The first-order chi connectivity index (χ1) is 8.56. The Morgan fingerprint density at radius 2 is 2.11 bits per heavy atom. The fraction of sp³-hybridized carbons (Fsp3) is 0.933. The number of amides is 1. The predicted octanol–water partition coefficient (Wildman–Crippen LogP) is 2.40. The van der Waals surface area contributed by atoms with E-state index in [0.29, 0.717) is 5.91 Å². The first-order valence-electron chi connectivity index (χ1n) is 7.60. The van der Waals surface area contributed by atoms with E-state index in [1.165, 1.54) is 19.3 Å². The van der Waals surface area contributed by atoms with Crippen LogP contribution in [0.1, 0.15) is 52.4 Å². The van der Waals surface area contributed by atoms with Crippen LogP contribution >= 0.6 is 0 Å². The van der Waals surface area contributed by atoms with Gasteiger partial charge in [0.15, 0.2) is 0 Å². The molecule has 3 unspecified atom stereocenters. The van der Waals surface area contributed by atoms with Crippen LogP contribution in [0.2, 0.25) is 0 Å². The maximum Gasteiger partial charge on any atom is 0.225 e. The van der Waals surface area contributed by atoms with E-state index in [2.05, 4.69) is 18.7 Å². The van der Waals surface area contributed by atoms with Crippen molar-refractivity contribution in [3.63, 3.8) is 0 Å². The van der Waals surface area contributed by atoms with Gasteiger partial charge in [0.05, 0.1) is 0 Å². The highest BCUT2D eigenvalue weighted by atomic mass is 16.2. The van der Waals surface area contributed by atoms with Crippen molar-refractivity contribution in [3.8, 4) is 0 Å². The molecule has 0 aromatic carbocycles. The van der Waals surface area contributed by atoms with E-state index in [-0.39, 0.29) is 12.0 Å². The summed E-state index contributed by atoms with van der Waals surface area (Å²) in [6, 6.07) is 0.259. The van der Waals surface area contributed by atoms with Gasteiger partial charge in [-0.3, -0.25) is 4.79 Å². The van der Waals surface area contributed by atoms with Crippen molar-refractivity contribution in [1.82, 2.24) is 4.90 Å². The molecule has 0 bridgehead atoms. The zero-order valence-electron chi connectivity index (χ0n) is 11.9. The van der Waals surface area contributed by atoms with E-state index >= 15 is 0 Å². The number of rotatable bonds is 3. The minimum absolute atomic E-state index is 0.220. The van der Waals surface area contributed by atoms with Gasteiger partial charge in [-0.15, -0.1) is 0 Å². The van der Waals surface area contributed by atoms with Gasteiger partial charge in [0.1, 0.15) is 0 Å². The maximum absolute atomic E-state index is 12.4. The third kappa shape index (κ3) is 3.47. The first-order valence-corrected chi connectivity index (χ1v) is 7.60. The molecule has 104 valence electrons. The van der Waals surface area contributed by atoms with Crippen LogP contribution in [-0.2, 0) is 4.79 Å². The van der Waals surface area contributed by atoms with Crippen molar-refractivity contribution in [2.75, 3.05) is 13.1 Å². The van der Waals surface area contributed by atoms with Crippen LogP contribution in [-0.4, -0.2) is 29.9 Å². The number of carbonyl (C=O) groups is 1. The van der Waals surface area contributed by atoms with Crippen molar-refractivity contribution in [2.45, 2.75) is 58.4 Å². The monoisotopic (exact) mass is 252 g/mol. The summed E-state index contributed by atoms with van der Waals surface area (Å²) >= 11 is 0. The van der Waals surface area contributed by atoms with Gasteiger partial charge in [-0.2, -0.15) is 0 Å². The molecule has 2 fully saturated rings. The minimum atomic E-state index is 0.220. The summed E-state index contributed by atoms with van der Waals surface area (Å²) in [4.78, 5) is 14.6. The van der Waals surface area contributed by atoms with Gasteiger partial charge >= 0.3 is 0 Å². The molecule has 1 saturated heterocycles. The Morgan fingerprint density at radius 3 is 2.72 bits per heavy atom. The second-order valence-corrected chi connectivity index (χ2v) is 6.69. The minimum Gasteiger partial charge on any atom is -0.342 e. The summed E-state index contributed by atoms with van der Waals surface area (Å²) < 4.78 is 0. The normalized spacial score (nSPS) is 33.1. The number of nitrogens with zero attached hydrogens (tertiary/aromatic N) is 1. The zero-order valence-corrected chi connectivity index (χ0v) is 11.9. The van der Waals surface area contributed by atoms with Gasteiger partial charge < -0.3 is 10.6 Å². The van der Waals surface area contributed by atoms with E-state index in [1.807, 2.05) is 0 Å². The second-order valence-electron chi connectivity index (χ2n) is 6.69. The molecular formula is C15H28N2O. The van der Waals surface area contributed by atoms with Crippen LogP contribution < -0.4 is 5.73 Å². The molecule has 3 nitrogen and oxygen atoms in total. The van der Waals surface area contributed by atoms with Crippen molar-refractivity contribution in [1.29, 1.82) is 0 Å². The van der Waals surface area contributed by atoms with Gasteiger partial charge in [0.25, 0.3) is 0 Å². The summed E-state index contributed by atoms with van der Waals surface area (Å²) in [7, 11) is 0. The number of hydrogen-bond donors (Lipinski definition) is 1. The van der Waals surface area contributed by atoms with Gasteiger partial charge in [-0.1, -0.05) is 13.8 Å². The summed E-state index contributed by atoms with van der Waals surface area (Å²) in [5.74, 6) is 2.07. The topological polar surface area (TPSA) is 46.3 Å². The van der Waals surface area contributed by atoms with Gasteiger partial charge in [-0.25, -0.2) is 0 Å². The molecule has 0 radical (unpaired) electrons. The Hall–Kier alpha value is -0.570. The van der Waals surface area contributed by atoms with Crippen LogP contribution in [0.3, 0.4) is 0 Å². The average Bonchev–Trinajstić information content (AvgIpc) is 2.74. The van der Waals surface area contributed by atoms with Crippen LogP contribution in [0.5, 0.6) is 0 Å². The van der Waals surface area contributed by atoms with Crippen LogP contribution in [0.4, 0.5) is 0 Å². The quantitative estimate of drug-likeness (QED) is 0.838. The lowest BCUT2D eigenvalue weighted by Crippen LogP contribution is -2.43. The lowest BCUT2D eigenvalue weighted by molar-refractivity contribution is -0.137. The molecular weight excluding hydrogens is 224 g/mol. The Balaban J connectivity index is 1.86. The lowest BCUT2D eigenvalue weighted by Gasteiger charge is -2.35. The Labute approximate surface area is 111 Å². The lowest BCUT2D eigenvalue weighted by atomic mass is 9.89. The number of hydrogen-bond acceptors (Lipinski definition) is 2. The zero-order chi connectivity index (χ0) is 13.1. The number of piperidine rings is 1. The largest absolute Gasteiger partial charge is 0.342 e. The third-order valence-electron chi connectivity index (χ3n) is 4.46. The smallest absolute Gasteiger partial charge is 0.225 e. The van der Waals surface area contributed by atoms with E-state index in [1.54, 1.807) is 0 Å². The van der Waals surface area contributed by atoms with Crippen molar-refractivity contribution in [3.05, 3.63) is 0 Å². The summed E-state index contributed by atoms with van der Waals surface area (Å²) in [5.41, 5.74) is 5.91. The fourth-order valence-electron chi connectivity index (χ4n) is 3.62. The van der Waals surface area contributed by atoms with E-state index in [9.17, 15) is 4.79 Å². The van der Waals surface area contributed by atoms with Crippen molar-refractivity contribution in [2.24, 2.45) is 23.5 Å². The predicted molar refractivity (Wildman–Crippen MR) is 74.1 cm³/mol. The molecule has 1 heterocycles. The molecule has 1 aliphatic carbocycles. The molecule has 3 heteroatoms. The second kappa shape index (κ2) is 6.05. The third-order valence-corrected chi connectivity index (χ3v) is 4.46. The molecule has 2 rings (SSSR count). The highest BCUT2D eigenvalue weighted by molar-refractivity contribution is 5.79. The molecule has 2 aliphatic rings. The SMILES string of the molecule is CC(C)CC1CCCN(C(=O)C2CCC(N)C2)C1.